The number of primary sulfonamides is 1. The first kappa shape index (κ1) is 19.8. The smallest absolute Gasteiger partial charge is 0.277 e. The van der Waals surface area contributed by atoms with Gasteiger partial charge in [-0.3, -0.25) is 4.79 Å². The standard InChI is InChI=1S/C17H22N4O4S2/c1-11(15(22)19-13-7-9-14(10-8-13)27(18,23)24)26-17-21-20-16(25-17)12-5-3-2-4-6-12/h7-12H,2-6H2,1H3,(H,19,22)(H2,18,23,24)/t11-/m0/s1. The molecule has 1 aromatic carbocycles. The Morgan fingerprint density at radius 1 is 1.22 bits per heavy atom. The molecular weight excluding hydrogens is 388 g/mol. The number of carbonyl (C=O) groups is 1. The number of thioether (sulfide) groups is 1. The van der Waals surface area contributed by atoms with Crippen molar-refractivity contribution in [2.45, 2.75) is 60.3 Å². The fourth-order valence-corrected chi connectivity index (χ4v) is 4.16. The second kappa shape index (κ2) is 8.41. The number of benzene rings is 1. The highest BCUT2D eigenvalue weighted by molar-refractivity contribution is 8.00. The van der Waals surface area contributed by atoms with Crippen LogP contribution >= 0.6 is 11.8 Å². The van der Waals surface area contributed by atoms with E-state index in [9.17, 15) is 13.2 Å². The van der Waals surface area contributed by atoms with Crippen LogP contribution in [0.3, 0.4) is 0 Å². The molecule has 27 heavy (non-hydrogen) atoms. The molecule has 3 rings (SSSR count). The molecule has 0 radical (unpaired) electrons. The molecule has 1 atom stereocenters. The van der Waals surface area contributed by atoms with Gasteiger partial charge in [-0.1, -0.05) is 31.0 Å². The minimum Gasteiger partial charge on any atom is -0.416 e. The number of rotatable bonds is 6. The molecule has 1 saturated carbocycles. The number of hydrogen-bond acceptors (Lipinski definition) is 7. The normalized spacial score (nSPS) is 16.8. The average Bonchev–Trinajstić information content (AvgIpc) is 3.10. The number of nitrogens with zero attached hydrogens (tertiary/aromatic N) is 2. The average molecular weight is 411 g/mol. The molecule has 0 bridgehead atoms. The fourth-order valence-electron chi connectivity index (χ4n) is 2.96. The Balaban J connectivity index is 1.57. The molecule has 1 fully saturated rings. The summed E-state index contributed by atoms with van der Waals surface area (Å²) < 4.78 is 28.2. The summed E-state index contributed by atoms with van der Waals surface area (Å²) in [6, 6.07) is 5.67. The summed E-state index contributed by atoms with van der Waals surface area (Å²) in [7, 11) is -3.76. The Hall–Kier alpha value is -1.91. The number of aromatic nitrogens is 2. The summed E-state index contributed by atoms with van der Waals surface area (Å²) >= 11 is 1.19. The summed E-state index contributed by atoms with van der Waals surface area (Å²) in [5.74, 6) is 0.728. The highest BCUT2D eigenvalue weighted by atomic mass is 32.2. The molecule has 10 heteroatoms. The van der Waals surface area contributed by atoms with Crippen molar-refractivity contribution in [3.63, 3.8) is 0 Å². The molecule has 0 saturated heterocycles. The third-order valence-corrected chi connectivity index (χ3v) is 6.34. The lowest BCUT2D eigenvalue weighted by molar-refractivity contribution is -0.115. The van der Waals surface area contributed by atoms with Crippen LogP contribution in [0.25, 0.3) is 0 Å². The van der Waals surface area contributed by atoms with E-state index in [1.807, 2.05) is 0 Å². The van der Waals surface area contributed by atoms with E-state index in [-0.39, 0.29) is 10.8 Å². The van der Waals surface area contributed by atoms with E-state index < -0.39 is 15.3 Å². The number of carbonyl (C=O) groups excluding carboxylic acids is 1. The first-order chi connectivity index (χ1) is 12.8. The quantitative estimate of drug-likeness (QED) is 0.701. The van der Waals surface area contributed by atoms with Gasteiger partial charge in [-0.15, -0.1) is 10.2 Å². The van der Waals surface area contributed by atoms with Crippen molar-refractivity contribution >= 4 is 33.4 Å². The Morgan fingerprint density at radius 3 is 2.52 bits per heavy atom. The van der Waals surface area contributed by atoms with Crippen LogP contribution in [0, 0.1) is 0 Å². The summed E-state index contributed by atoms with van der Waals surface area (Å²) in [6.45, 7) is 1.74. The van der Waals surface area contributed by atoms with Crippen LogP contribution in [0.15, 0.2) is 38.8 Å². The maximum absolute atomic E-state index is 12.3. The lowest BCUT2D eigenvalue weighted by Gasteiger charge is -2.17. The molecule has 0 aliphatic heterocycles. The van der Waals surface area contributed by atoms with Gasteiger partial charge in [-0.05, 0) is 44.0 Å². The van der Waals surface area contributed by atoms with Gasteiger partial charge >= 0.3 is 0 Å². The molecule has 3 N–H and O–H groups in total. The van der Waals surface area contributed by atoms with E-state index in [0.29, 0.717) is 22.7 Å². The van der Waals surface area contributed by atoms with E-state index in [1.165, 1.54) is 55.3 Å². The monoisotopic (exact) mass is 410 g/mol. The zero-order valence-corrected chi connectivity index (χ0v) is 16.6. The van der Waals surface area contributed by atoms with Gasteiger partial charge in [0.25, 0.3) is 5.22 Å². The molecule has 146 valence electrons. The highest BCUT2D eigenvalue weighted by Crippen LogP contribution is 2.33. The van der Waals surface area contributed by atoms with Gasteiger partial charge in [0.1, 0.15) is 0 Å². The van der Waals surface area contributed by atoms with E-state index >= 15 is 0 Å². The highest BCUT2D eigenvalue weighted by Gasteiger charge is 2.23. The predicted molar refractivity (Wildman–Crippen MR) is 102 cm³/mol. The maximum atomic E-state index is 12.3. The van der Waals surface area contributed by atoms with Gasteiger partial charge in [-0.25, -0.2) is 13.6 Å². The Kier molecular flexibility index (Phi) is 6.18. The Bertz CT molecular complexity index is 890. The topological polar surface area (TPSA) is 128 Å². The van der Waals surface area contributed by atoms with E-state index in [1.54, 1.807) is 6.92 Å². The van der Waals surface area contributed by atoms with Crippen molar-refractivity contribution in [2.75, 3.05) is 5.32 Å². The van der Waals surface area contributed by atoms with Gasteiger partial charge in [0.2, 0.25) is 21.8 Å². The summed E-state index contributed by atoms with van der Waals surface area (Å²) in [4.78, 5) is 12.3. The zero-order chi connectivity index (χ0) is 19.4. The van der Waals surface area contributed by atoms with Gasteiger partial charge in [-0.2, -0.15) is 0 Å². The van der Waals surface area contributed by atoms with Gasteiger partial charge in [0.05, 0.1) is 10.1 Å². The van der Waals surface area contributed by atoms with Crippen molar-refractivity contribution in [3.05, 3.63) is 30.2 Å². The van der Waals surface area contributed by atoms with Crippen molar-refractivity contribution < 1.29 is 17.6 Å². The molecule has 8 nitrogen and oxygen atoms in total. The van der Waals surface area contributed by atoms with Gasteiger partial charge < -0.3 is 9.73 Å². The molecule has 2 aromatic rings. The molecule has 1 aromatic heterocycles. The maximum Gasteiger partial charge on any atom is 0.277 e. The minimum absolute atomic E-state index is 0.0102. The van der Waals surface area contributed by atoms with Gasteiger partial charge in [0, 0.05) is 11.6 Å². The van der Waals surface area contributed by atoms with E-state index in [2.05, 4.69) is 15.5 Å². The predicted octanol–water partition coefficient (Wildman–Crippen LogP) is 2.88. The Morgan fingerprint density at radius 2 is 1.89 bits per heavy atom. The molecular formula is C17H22N4O4S2. The molecule has 1 aliphatic rings. The number of nitrogens with two attached hydrogens (primary N) is 1. The zero-order valence-electron chi connectivity index (χ0n) is 14.9. The van der Waals surface area contributed by atoms with Crippen molar-refractivity contribution in [2.24, 2.45) is 5.14 Å². The lowest BCUT2D eigenvalue weighted by Crippen LogP contribution is -2.22. The molecule has 1 amide bonds. The summed E-state index contributed by atoms with van der Waals surface area (Å²) in [5.41, 5.74) is 0.480. The van der Waals surface area contributed by atoms with Crippen LogP contribution < -0.4 is 10.5 Å². The largest absolute Gasteiger partial charge is 0.416 e. The van der Waals surface area contributed by atoms with E-state index in [0.717, 1.165) is 12.8 Å². The first-order valence-corrected chi connectivity index (χ1v) is 11.2. The number of nitrogens with one attached hydrogen (secondary N) is 1. The molecule has 1 heterocycles. The van der Waals surface area contributed by atoms with Crippen LogP contribution in [0.2, 0.25) is 0 Å². The van der Waals surface area contributed by atoms with Crippen LogP contribution in [-0.2, 0) is 14.8 Å². The number of amides is 1. The van der Waals surface area contributed by atoms with Crippen LogP contribution in [0.4, 0.5) is 5.69 Å². The van der Waals surface area contributed by atoms with Crippen molar-refractivity contribution in [1.82, 2.24) is 10.2 Å². The third-order valence-electron chi connectivity index (χ3n) is 4.47. The van der Waals surface area contributed by atoms with Crippen LogP contribution in [0.5, 0.6) is 0 Å². The molecule has 0 spiro atoms. The van der Waals surface area contributed by atoms with Gasteiger partial charge in [0.15, 0.2) is 0 Å². The van der Waals surface area contributed by atoms with Crippen LogP contribution in [0.1, 0.15) is 50.8 Å². The second-order valence-corrected chi connectivity index (χ2v) is 9.41. The third kappa shape index (κ3) is 5.30. The number of anilines is 1. The number of hydrogen-bond donors (Lipinski definition) is 2. The summed E-state index contributed by atoms with van der Waals surface area (Å²) in [6.07, 6.45) is 5.74. The van der Waals surface area contributed by atoms with Crippen LogP contribution in [-0.4, -0.2) is 29.8 Å². The van der Waals surface area contributed by atoms with Crippen molar-refractivity contribution in [1.29, 1.82) is 0 Å². The number of sulfonamides is 1. The SMILES string of the molecule is C[C@H](Sc1nnc(C2CCCCC2)o1)C(=O)Nc1ccc(S(N)(=O)=O)cc1. The first-order valence-electron chi connectivity index (χ1n) is 8.77. The Labute approximate surface area is 162 Å². The lowest BCUT2D eigenvalue weighted by atomic mass is 9.89. The summed E-state index contributed by atoms with van der Waals surface area (Å²) in [5, 5.41) is 15.9. The minimum atomic E-state index is -3.76. The van der Waals surface area contributed by atoms with E-state index in [4.69, 9.17) is 9.56 Å². The molecule has 1 aliphatic carbocycles. The van der Waals surface area contributed by atoms with Crippen molar-refractivity contribution in [3.8, 4) is 0 Å². The second-order valence-electron chi connectivity index (χ2n) is 6.56. The molecule has 0 unspecified atom stereocenters. The fraction of sp³-hybridized carbons (Fsp3) is 0.471.